The molecule has 1 N–H and O–H groups in total. The molecule has 2 nitrogen and oxygen atoms in total. The smallest absolute Gasteiger partial charge is 0.220 e. The van der Waals surface area contributed by atoms with Gasteiger partial charge in [-0.3, -0.25) is 4.79 Å². The van der Waals surface area contributed by atoms with Gasteiger partial charge in [0.15, 0.2) is 0 Å². The van der Waals surface area contributed by atoms with Crippen LogP contribution >= 0.6 is 11.6 Å². The number of carbonyl (C=O) groups is 1. The van der Waals surface area contributed by atoms with Crippen molar-refractivity contribution in [3.8, 4) is 0 Å². The van der Waals surface area contributed by atoms with Gasteiger partial charge in [0.2, 0.25) is 5.91 Å². The fourth-order valence-electron chi connectivity index (χ4n) is 5.40. The lowest BCUT2D eigenvalue weighted by Crippen LogP contribution is -2.55. The highest BCUT2D eigenvalue weighted by Gasteiger charge is 2.53. The Morgan fingerprint density at radius 1 is 1.21 bits per heavy atom. The second kappa shape index (κ2) is 5.27. The van der Waals surface area contributed by atoms with E-state index in [2.05, 4.69) is 12.2 Å². The third-order valence-corrected chi connectivity index (χ3v) is 6.19. The minimum atomic E-state index is 0.198. The van der Waals surface area contributed by atoms with Crippen LogP contribution in [-0.2, 0) is 4.79 Å². The maximum Gasteiger partial charge on any atom is 0.220 e. The Balaban J connectivity index is 1.63. The van der Waals surface area contributed by atoms with E-state index in [4.69, 9.17) is 11.6 Å². The molecule has 4 rings (SSSR count). The summed E-state index contributed by atoms with van der Waals surface area (Å²) in [5.74, 6) is 3.64. The average molecular weight is 284 g/mol. The molecule has 0 spiro atoms. The summed E-state index contributed by atoms with van der Waals surface area (Å²) in [6.45, 7) is 2.24. The van der Waals surface area contributed by atoms with Crippen LogP contribution in [0.5, 0.6) is 0 Å². The Labute approximate surface area is 121 Å². The Hall–Kier alpha value is -0.240. The van der Waals surface area contributed by atoms with Crippen molar-refractivity contribution in [1.82, 2.24) is 5.32 Å². The molecule has 1 amide bonds. The Morgan fingerprint density at radius 2 is 1.74 bits per heavy atom. The van der Waals surface area contributed by atoms with Gasteiger partial charge in [-0.25, -0.2) is 0 Å². The molecule has 0 heterocycles. The number of halogens is 1. The zero-order valence-electron chi connectivity index (χ0n) is 12.0. The normalized spacial score (nSPS) is 41.3. The van der Waals surface area contributed by atoms with E-state index >= 15 is 0 Å². The number of nitrogens with one attached hydrogen (secondary N) is 1. The number of alkyl halides is 1. The van der Waals surface area contributed by atoms with Gasteiger partial charge in [0.05, 0.1) is 0 Å². The van der Waals surface area contributed by atoms with Crippen molar-refractivity contribution in [3.05, 3.63) is 0 Å². The summed E-state index contributed by atoms with van der Waals surface area (Å²) < 4.78 is 0. The predicted molar refractivity (Wildman–Crippen MR) is 78.2 cm³/mol. The van der Waals surface area contributed by atoms with Crippen LogP contribution in [0.4, 0.5) is 0 Å². The van der Waals surface area contributed by atoms with Crippen LogP contribution in [0, 0.1) is 23.2 Å². The molecule has 4 aliphatic rings. The highest BCUT2D eigenvalue weighted by atomic mass is 35.5. The molecule has 0 aromatic rings. The monoisotopic (exact) mass is 283 g/mol. The van der Waals surface area contributed by atoms with E-state index in [0.717, 1.165) is 24.2 Å². The highest BCUT2D eigenvalue weighted by molar-refractivity contribution is 6.17. The molecule has 4 fully saturated rings. The molecule has 108 valence electrons. The first kappa shape index (κ1) is 13.7. The van der Waals surface area contributed by atoms with E-state index in [-0.39, 0.29) is 5.91 Å². The van der Waals surface area contributed by atoms with E-state index in [1.54, 1.807) is 0 Å². The maximum absolute atomic E-state index is 11.9. The molecule has 0 saturated heterocycles. The van der Waals surface area contributed by atoms with Crippen molar-refractivity contribution in [2.45, 2.75) is 64.3 Å². The lowest BCUT2D eigenvalue weighted by molar-refractivity contribution is -0.125. The quantitative estimate of drug-likeness (QED) is 0.766. The number of hydrogen-bond acceptors (Lipinski definition) is 1. The summed E-state index contributed by atoms with van der Waals surface area (Å²) >= 11 is 5.66. The van der Waals surface area contributed by atoms with Gasteiger partial charge in [-0.05, 0) is 75.0 Å². The van der Waals surface area contributed by atoms with E-state index in [9.17, 15) is 4.79 Å². The second-order valence-corrected chi connectivity index (χ2v) is 7.74. The minimum absolute atomic E-state index is 0.198. The van der Waals surface area contributed by atoms with Crippen LogP contribution in [0.25, 0.3) is 0 Å². The van der Waals surface area contributed by atoms with Gasteiger partial charge in [-0.1, -0.05) is 0 Å². The zero-order chi connectivity index (χ0) is 13.5. The van der Waals surface area contributed by atoms with Gasteiger partial charge in [-0.2, -0.15) is 0 Å². The standard InChI is InChI=1S/C16H26ClNO/c1-11(18-15(19)3-2-4-17)16-8-12-5-13(9-16)7-14(6-12)10-16/h11-14H,2-10H2,1H3,(H,18,19)/t11-,12?,13?,14?,16?/m1/s1. The van der Waals surface area contributed by atoms with Crippen molar-refractivity contribution in [3.63, 3.8) is 0 Å². The summed E-state index contributed by atoms with van der Waals surface area (Å²) in [5, 5.41) is 3.27. The Bertz CT molecular complexity index is 319. The number of amides is 1. The zero-order valence-corrected chi connectivity index (χ0v) is 12.7. The van der Waals surface area contributed by atoms with Gasteiger partial charge < -0.3 is 5.32 Å². The van der Waals surface area contributed by atoms with Gasteiger partial charge >= 0.3 is 0 Å². The topological polar surface area (TPSA) is 29.1 Å². The van der Waals surface area contributed by atoms with Crippen molar-refractivity contribution in [1.29, 1.82) is 0 Å². The van der Waals surface area contributed by atoms with Crippen LogP contribution in [0.15, 0.2) is 0 Å². The van der Waals surface area contributed by atoms with E-state index in [0.29, 0.717) is 23.8 Å². The van der Waals surface area contributed by atoms with E-state index in [1.807, 2.05) is 0 Å². The first-order valence-electron chi connectivity index (χ1n) is 7.96. The molecule has 3 heteroatoms. The van der Waals surface area contributed by atoms with Crippen molar-refractivity contribution < 1.29 is 4.79 Å². The Morgan fingerprint density at radius 3 is 2.21 bits per heavy atom. The van der Waals surface area contributed by atoms with Gasteiger partial charge in [0.1, 0.15) is 0 Å². The van der Waals surface area contributed by atoms with Crippen LogP contribution < -0.4 is 5.32 Å². The first-order valence-corrected chi connectivity index (χ1v) is 8.50. The summed E-state index contributed by atoms with van der Waals surface area (Å²) in [6, 6.07) is 0.351. The Kier molecular flexibility index (Phi) is 3.81. The highest BCUT2D eigenvalue weighted by Crippen LogP contribution is 2.61. The fraction of sp³-hybridized carbons (Fsp3) is 0.938. The molecule has 4 saturated carbocycles. The third kappa shape index (κ3) is 2.66. The minimum Gasteiger partial charge on any atom is -0.353 e. The molecule has 0 aromatic carbocycles. The van der Waals surface area contributed by atoms with Crippen LogP contribution in [-0.4, -0.2) is 17.8 Å². The summed E-state index contributed by atoms with van der Waals surface area (Å²) in [4.78, 5) is 11.9. The van der Waals surface area contributed by atoms with E-state index in [1.165, 1.54) is 38.5 Å². The molecular weight excluding hydrogens is 258 g/mol. The van der Waals surface area contributed by atoms with Crippen LogP contribution in [0.1, 0.15) is 58.3 Å². The van der Waals surface area contributed by atoms with Crippen molar-refractivity contribution in [2.24, 2.45) is 23.2 Å². The second-order valence-electron chi connectivity index (χ2n) is 7.36. The summed E-state index contributed by atoms with van der Waals surface area (Å²) in [6.07, 6.45) is 9.84. The molecule has 4 aliphatic carbocycles. The number of carbonyl (C=O) groups excluding carboxylic acids is 1. The largest absolute Gasteiger partial charge is 0.353 e. The molecular formula is C16H26ClNO. The summed E-state index contributed by atoms with van der Waals surface area (Å²) in [7, 11) is 0. The molecule has 1 atom stereocenters. The molecule has 19 heavy (non-hydrogen) atoms. The average Bonchev–Trinajstić information content (AvgIpc) is 2.34. The summed E-state index contributed by atoms with van der Waals surface area (Å²) in [5.41, 5.74) is 0.422. The third-order valence-electron chi connectivity index (χ3n) is 5.92. The van der Waals surface area contributed by atoms with Gasteiger partial charge in [0.25, 0.3) is 0 Å². The molecule has 0 aliphatic heterocycles. The molecule has 0 radical (unpaired) electrons. The number of rotatable bonds is 5. The van der Waals surface area contributed by atoms with E-state index < -0.39 is 0 Å². The lowest BCUT2D eigenvalue weighted by Gasteiger charge is -2.59. The maximum atomic E-state index is 11.9. The molecule has 0 unspecified atom stereocenters. The van der Waals surface area contributed by atoms with Crippen LogP contribution in [0.3, 0.4) is 0 Å². The van der Waals surface area contributed by atoms with Crippen LogP contribution in [0.2, 0.25) is 0 Å². The van der Waals surface area contributed by atoms with Gasteiger partial charge in [0, 0.05) is 18.3 Å². The van der Waals surface area contributed by atoms with Crippen molar-refractivity contribution in [2.75, 3.05) is 5.88 Å². The molecule has 0 aromatic heterocycles. The van der Waals surface area contributed by atoms with Gasteiger partial charge in [-0.15, -0.1) is 11.6 Å². The number of hydrogen-bond donors (Lipinski definition) is 1. The SMILES string of the molecule is C[C@@H](NC(=O)CCCCl)C12CC3CC(CC(C3)C1)C2. The lowest BCUT2D eigenvalue weighted by atomic mass is 9.48. The van der Waals surface area contributed by atoms with Crippen molar-refractivity contribution >= 4 is 17.5 Å². The molecule has 4 bridgehead atoms. The first-order chi connectivity index (χ1) is 9.11. The predicted octanol–water partition coefficient (Wildman–Crippen LogP) is 3.73. The fourth-order valence-corrected chi connectivity index (χ4v) is 5.54.